The first-order valence-electron chi connectivity index (χ1n) is 5.51. The molecule has 1 amide bonds. The highest BCUT2D eigenvalue weighted by Gasteiger charge is 2.12. The van der Waals surface area contributed by atoms with Crippen molar-refractivity contribution in [3.05, 3.63) is 44.6 Å². The van der Waals surface area contributed by atoms with E-state index in [1.165, 1.54) is 11.3 Å². The van der Waals surface area contributed by atoms with E-state index < -0.39 is 0 Å². The van der Waals surface area contributed by atoms with Gasteiger partial charge in [0, 0.05) is 19.1 Å². The van der Waals surface area contributed by atoms with E-state index in [1.54, 1.807) is 24.3 Å². The number of halogens is 2. The number of nitrogens with one attached hydrogen (secondary N) is 1. The Morgan fingerprint density at radius 1 is 1.21 bits per heavy atom. The zero-order valence-electron chi connectivity index (χ0n) is 10.4. The van der Waals surface area contributed by atoms with Crippen LogP contribution < -0.4 is 10.2 Å². The topological polar surface area (TPSA) is 32.3 Å². The monoisotopic (exact) mass is 314 g/mol. The SMILES string of the molecule is CN(C)c1ccc(Cl)cc1NC(=O)c1ccc(Cl)s1. The Morgan fingerprint density at radius 2 is 1.95 bits per heavy atom. The minimum atomic E-state index is -0.192. The third kappa shape index (κ3) is 3.41. The van der Waals surface area contributed by atoms with Crippen LogP contribution in [-0.2, 0) is 0 Å². The number of hydrogen-bond donors (Lipinski definition) is 1. The lowest BCUT2D eigenvalue weighted by atomic mass is 10.2. The molecule has 1 aromatic heterocycles. The first-order valence-corrected chi connectivity index (χ1v) is 7.08. The van der Waals surface area contributed by atoms with Crippen LogP contribution in [0.15, 0.2) is 30.3 Å². The Kier molecular flexibility index (Phi) is 4.34. The van der Waals surface area contributed by atoms with Gasteiger partial charge in [-0.3, -0.25) is 4.79 Å². The van der Waals surface area contributed by atoms with E-state index in [-0.39, 0.29) is 5.91 Å². The molecule has 0 aliphatic carbocycles. The molecule has 0 saturated carbocycles. The molecule has 6 heteroatoms. The molecule has 1 heterocycles. The van der Waals surface area contributed by atoms with Gasteiger partial charge in [0.05, 0.1) is 20.6 Å². The lowest BCUT2D eigenvalue weighted by molar-refractivity contribution is 0.103. The summed E-state index contributed by atoms with van der Waals surface area (Å²) in [5, 5.41) is 3.42. The average Bonchev–Trinajstić information content (AvgIpc) is 2.75. The molecule has 1 aromatic carbocycles. The van der Waals surface area contributed by atoms with E-state index >= 15 is 0 Å². The van der Waals surface area contributed by atoms with E-state index in [9.17, 15) is 4.79 Å². The Hall–Kier alpha value is -1.23. The Balaban J connectivity index is 2.27. The van der Waals surface area contributed by atoms with Crippen molar-refractivity contribution < 1.29 is 4.79 Å². The quantitative estimate of drug-likeness (QED) is 0.912. The molecule has 0 aliphatic rings. The van der Waals surface area contributed by atoms with Gasteiger partial charge in [-0.1, -0.05) is 23.2 Å². The molecule has 0 radical (unpaired) electrons. The summed E-state index contributed by atoms with van der Waals surface area (Å²) in [5.74, 6) is -0.192. The summed E-state index contributed by atoms with van der Waals surface area (Å²) in [7, 11) is 3.81. The molecule has 0 saturated heterocycles. The number of carbonyl (C=O) groups is 1. The molecule has 0 unspecified atom stereocenters. The van der Waals surface area contributed by atoms with Crippen LogP contribution in [0.1, 0.15) is 9.67 Å². The van der Waals surface area contributed by atoms with Crippen molar-refractivity contribution in [3.8, 4) is 0 Å². The molecule has 0 aliphatic heterocycles. The Labute approximate surface area is 125 Å². The van der Waals surface area contributed by atoms with Crippen molar-refractivity contribution in [2.24, 2.45) is 0 Å². The standard InChI is InChI=1S/C13H12Cl2N2OS/c1-17(2)10-4-3-8(14)7-9(10)16-13(18)11-5-6-12(15)19-11/h3-7H,1-2H3,(H,16,18). The zero-order valence-corrected chi connectivity index (χ0v) is 12.7. The smallest absolute Gasteiger partial charge is 0.265 e. The fourth-order valence-electron chi connectivity index (χ4n) is 1.62. The molecule has 3 nitrogen and oxygen atoms in total. The Morgan fingerprint density at radius 3 is 2.53 bits per heavy atom. The van der Waals surface area contributed by atoms with Crippen molar-refractivity contribution in [2.45, 2.75) is 0 Å². The van der Waals surface area contributed by atoms with E-state index in [0.717, 1.165) is 5.69 Å². The van der Waals surface area contributed by atoms with Gasteiger partial charge in [0.1, 0.15) is 0 Å². The Bertz CT molecular complexity index is 610. The molecule has 0 spiro atoms. The van der Waals surface area contributed by atoms with E-state index in [0.29, 0.717) is 19.9 Å². The molecule has 0 atom stereocenters. The lowest BCUT2D eigenvalue weighted by Crippen LogP contribution is -2.16. The van der Waals surface area contributed by atoms with Crippen molar-refractivity contribution in [2.75, 3.05) is 24.3 Å². The number of rotatable bonds is 3. The molecule has 0 bridgehead atoms. The summed E-state index contributed by atoms with van der Waals surface area (Å²) in [4.78, 5) is 14.6. The molecule has 1 N–H and O–H groups in total. The first-order chi connectivity index (χ1) is 8.97. The van der Waals surface area contributed by atoms with Crippen LogP contribution in [0.4, 0.5) is 11.4 Å². The predicted molar refractivity (Wildman–Crippen MR) is 83.1 cm³/mol. The van der Waals surface area contributed by atoms with Crippen LogP contribution in [0.5, 0.6) is 0 Å². The van der Waals surface area contributed by atoms with Gasteiger partial charge in [-0.2, -0.15) is 0 Å². The summed E-state index contributed by atoms with van der Waals surface area (Å²) in [5.41, 5.74) is 1.56. The summed E-state index contributed by atoms with van der Waals surface area (Å²) in [6.07, 6.45) is 0. The fraction of sp³-hybridized carbons (Fsp3) is 0.154. The summed E-state index contributed by atoms with van der Waals surface area (Å²) < 4.78 is 0.587. The van der Waals surface area contributed by atoms with Crippen LogP contribution in [0.2, 0.25) is 9.36 Å². The number of thiophene rings is 1. The minimum absolute atomic E-state index is 0.192. The van der Waals surface area contributed by atoms with Gasteiger partial charge in [0.25, 0.3) is 5.91 Å². The van der Waals surface area contributed by atoms with Crippen LogP contribution in [0, 0.1) is 0 Å². The second kappa shape index (κ2) is 5.82. The number of benzene rings is 1. The number of carbonyl (C=O) groups excluding carboxylic acids is 1. The number of anilines is 2. The van der Waals surface area contributed by atoms with Gasteiger partial charge in [-0.25, -0.2) is 0 Å². The molecule has 100 valence electrons. The van der Waals surface area contributed by atoms with Crippen molar-refractivity contribution >= 4 is 51.8 Å². The maximum Gasteiger partial charge on any atom is 0.265 e. The molecular weight excluding hydrogens is 303 g/mol. The number of amides is 1. The zero-order chi connectivity index (χ0) is 14.0. The number of hydrogen-bond acceptors (Lipinski definition) is 3. The van der Waals surface area contributed by atoms with Gasteiger partial charge >= 0.3 is 0 Å². The summed E-state index contributed by atoms with van der Waals surface area (Å²) >= 11 is 13.0. The normalized spacial score (nSPS) is 10.3. The molecule has 2 aromatic rings. The number of nitrogens with zero attached hydrogens (tertiary/aromatic N) is 1. The van der Waals surface area contributed by atoms with Gasteiger partial charge in [-0.05, 0) is 30.3 Å². The van der Waals surface area contributed by atoms with Crippen LogP contribution in [0.25, 0.3) is 0 Å². The minimum Gasteiger partial charge on any atom is -0.376 e. The van der Waals surface area contributed by atoms with Crippen LogP contribution in [-0.4, -0.2) is 20.0 Å². The third-order valence-corrected chi connectivity index (χ3v) is 3.95. The molecule has 2 rings (SSSR count). The third-order valence-electron chi connectivity index (χ3n) is 2.49. The second-order valence-electron chi connectivity index (χ2n) is 4.11. The van der Waals surface area contributed by atoms with Crippen LogP contribution >= 0.6 is 34.5 Å². The van der Waals surface area contributed by atoms with E-state index in [1.807, 2.05) is 25.1 Å². The summed E-state index contributed by atoms with van der Waals surface area (Å²) in [6, 6.07) is 8.77. The van der Waals surface area contributed by atoms with Crippen molar-refractivity contribution in [1.29, 1.82) is 0 Å². The maximum atomic E-state index is 12.1. The molecular formula is C13H12Cl2N2OS. The predicted octanol–water partition coefficient (Wildman–Crippen LogP) is 4.37. The van der Waals surface area contributed by atoms with Crippen LogP contribution in [0.3, 0.4) is 0 Å². The van der Waals surface area contributed by atoms with Gasteiger partial charge < -0.3 is 10.2 Å². The highest BCUT2D eigenvalue weighted by Crippen LogP contribution is 2.29. The molecule has 0 fully saturated rings. The van der Waals surface area contributed by atoms with E-state index in [2.05, 4.69) is 5.32 Å². The fourth-order valence-corrected chi connectivity index (χ4v) is 2.73. The van der Waals surface area contributed by atoms with Gasteiger partial charge in [0.2, 0.25) is 0 Å². The van der Waals surface area contributed by atoms with Gasteiger partial charge in [-0.15, -0.1) is 11.3 Å². The largest absolute Gasteiger partial charge is 0.376 e. The summed E-state index contributed by atoms with van der Waals surface area (Å²) in [6.45, 7) is 0. The second-order valence-corrected chi connectivity index (χ2v) is 6.27. The van der Waals surface area contributed by atoms with Gasteiger partial charge in [0.15, 0.2) is 0 Å². The first kappa shape index (κ1) is 14.2. The average molecular weight is 315 g/mol. The molecule has 19 heavy (non-hydrogen) atoms. The lowest BCUT2D eigenvalue weighted by Gasteiger charge is -2.18. The van der Waals surface area contributed by atoms with Crippen molar-refractivity contribution in [1.82, 2.24) is 0 Å². The van der Waals surface area contributed by atoms with Crippen molar-refractivity contribution in [3.63, 3.8) is 0 Å². The van der Waals surface area contributed by atoms with E-state index in [4.69, 9.17) is 23.2 Å². The highest BCUT2D eigenvalue weighted by molar-refractivity contribution is 7.18. The maximum absolute atomic E-state index is 12.1. The highest BCUT2D eigenvalue weighted by atomic mass is 35.5.